The molecule has 0 radical (unpaired) electrons. The third-order valence-corrected chi connectivity index (χ3v) is 8.64. The van der Waals surface area contributed by atoms with Gasteiger partial charge in [0.1, 0.15) is 6.61 Å². The summed E-state index contributed by atoms with van der Waals surface area (Å²) in [6, 6.07) is 24.4. The van der Waals surface area contributed by atoms with Gasteiger partial charge in [-0.1, -0.05) is 90.5 Å². The fraction of sp³-hybridized carbons (Fsp3) is 0.312. The Kier molecular flexibility index (Phi) is 10.1. The number of nitrogens with zero attached hydrogens (tertiary/aromatic N) is 1. The molecule has 3 aromatic rings. The SMILES string of the molecule is Cc1ccc(S(=O)(=O)N[C@@H](C)C=C[C@@H](C(=O)N2C(=O)OC[C@@H]2Cc2ccccc2)[C@@H](O)CCc2ccccc2)cc1. The zero-order valence-corrected chi connectivity index (χ0v) is 24.0. The van der Waals surface area contributed by atoms with Crippen molar-refractivity contribution in [3.05, 3.63) is 114 Å². The average Bonchev–Trinajstić information content (AvgIpc) is 3.32. The minimum absolute atomic E-state index is 0.0583. The van der Waals surface area contributed by atoms with Gasteiger partial charge in [0.25, 0.3) is 0 Å². The van der Waals surface area contributed by atoms with Crippen LogP contribution in [0.25, 0.3) is 0 Å². The number of sulfonamides is 1. The van der Waals surface area contributed by atoms with Crippen LogP contribution < -0.4 is 4.72 Å². The summed E-state index contributed by atoms with van der Waals surface area (Å²) in [5.74, 6) is -1.67. The quantitative estimate of drug-likeness (QED) is 0.309. The van der Waals surface area contributed by atoms with E-state index >= 15 is 0 Å². The molecule has 216 valence electrons. The molecule has 0 aromatic heterocycles. The Morgan fingerprint density at radius 3 is 2.24 bits per heavy atom. The van der Waals surface area contributed by atoms with E-state index in [1.807, 2.05) is 67.6 Å². The van der Waals surface area contributed by atoms with Gasteiger partial charge in [-0.25, -0.2) is 22.8 Å². The molecule has 4 atom stereocenters. The minimum atomic E-state index is -3.81. The zero-order valence-electron chi connectivity index (χ0n) is 23.2. The van der Waals surface area contributed by atoms with Gasteiger partial charge < -0.3 is 9.84 Å². The highest BCUT2D eigenvalue weighted by Gasteiger charge is 2.42. The van der Waals surface area contributed by atoms with Crippen molar-refractivity contribution >= 4 is 22.0 Å². The molecule has 0 aliphatic carbocycles. The van der Waals surface area contributed by atoms with Crippen molar-refractivity contribution in [3.8, 4) is 0 Å². The molecule has 0 bridgehead atoms. The molecule has 2 N–H and O–H groups in total. The van der Waals surface area contributed by atoms with E-state index in [4.69, 9.17) is 4.74 Å². The molecular weight excluding hydrogens is 540 g/mol. The van der Waals surface area contributed by atoms with Crippen LogP contribution in [0, 0.1) is 12.8 Å². The number of imide groups is 1. The number of aryl methyl sites for hydroxylation is 2. The lowest BCUT2D eigenvalue weighted by Gasteiger charge is -2.26. The number of amides is 2. The van der Waals surface area contributed by atoms with Crippen LogP contribution in [0.3, 0.4) is 0 Å². The van der Waals surface area contributed by atoms with Crippen LogP contribution >= 0.6 is 0 Å². The molecule has 1 heterocycles. The van der Waals surface area contributed by atoms with Crippen molar-refractivity contribution in [3.63, 3.8) is 0 Å². The number of carbonyl (C=O) groups is 2. The second kappa shape index (κ2) is 13.7. The first-order chi connectivity index (χ1) is 19.6. The van der Waals surface area contributed by atoms with E-state index in [0.29, 0.717) is 12.8 Å². The van der Waals surface area contributed by atoms with Crippen LogP contribution in [0.4, 0.5) is 4.79 Å². The second-order valence-corrected chi connectivity index (χ2v) is 12.1. The Balaban J connectivity index is 1.54. The number of aliphatic hydroxyl groups is 1. The normalized spacial score (nSPS) is 17.8. The van der Waals surface area contributed by atoms with Gasteiger partial charge in [-0.15, -0.1) is 0 Å². The summed E-state index contributed by atoms with van der Waals surface area (Å²) in [7, 11) is -3.81. The number of ether oxygens (including phenoxy) is 1. The Bertz CT molecular complexity index is 1440. The standard InChI is InChI=1S/C32H36N2O6S/c1-23-13-17-28(18-14-23)41(38,39)33-24(2)15-19-29(30(35)20-16-25-9-5-3-6-10-25)31(36)34-27(22-40-32(34)37)21-26-11-7-4-8-12-26/h3-15,17-19,24,27,29-30,33,35H,16,20-22H2,1-2H3/t24-,27-,29+,30-/m0/s1. The van der Waals surface area contributed by atoms with Crippen LogP contribution in [-0.4, -0.2) is 55.2 Å². The molecule has 3 aromatic carbocycles. The molecule has 4 rings (SSSR count). The van der Waals surface area contributed by atoms with Crippen LogP contribution in [0.5, 0.6) is 0 Å². The van der Waals surface area contributed by atoms with E-state index in [2.05, 4.69) is 4.72 Å². The van der Waals surface area contributed by atoms with Crippen molar-refractivity contribution in [2.45, 2.75) is 56.2 Å². The van der Waals surface area contributed by atoms with E-state index < -0.39 is 46.1 Å². The Morgan fingerprint density at radius 2 is 1.61 bits per heavy atom. The molecule has 8 nitrogen and oxygen atoms in total. The molecule has 1 aliphatic heterocycles. The van der Waals surface area contributed by atoms with Gasteiger partial charge in [0.15, 0.2) is 0 Å². The predicted octanol–water partition coefficient (Wildman–Crippen LogP) is 4.42. The maximum absolute atomic E-state index is 13.8. The van der Waals surface area contributed by atoms with Gasteiger partial charge in [0.05, 0.1) is 23.0 Å². The summed E-state index contributed by atoms with van der Waals surface area (Å²) < 4.78 is 33.6. The van der Waals surface area contributed by atoms with Gasteiger partial charge in [-0.3, -0.25) is 4.79 Å². The van der Waals surface area contributed by atoms with Crippen molar-refractivity contribution in [2.75, 3.05) is 6.61 Å². The largest absolute Gasteiger partial charge is 0.447 e. The summed E-state index contributed by atoms with van der Waals surface area (Å²) in [5.41, 5.74) is 2.89. The number of cyclic esters (lactones) is 1. The number of hydrogen-bond acceptors (Lipinski definition) is 6. The van der Waals surface area contributed by atoms with E-state index in [-0.39, 0.29) is 17.9 Å². The lowest BCUT2D eigenvalue weighted by atomic mass is 9.93. The van der Waals surface area contributed by atoms with Crippen LogP contribution in [0.2, 0.25) is 0 Å². The number of nitrogens with one attached hydrogen (secondary N) is 1. The molecule has 2 amide bonds. The molecule has 1 saturated heterocycles. The first-order valence-electron chi connectivity index (χ1n) is 13.7. The lowest BCUT2D eigenvalue weighted by Crippen LogP contribution is -2.46. The van der Waals surface area contributed by atoms with Gasteiger partial charge in [0.2, 0.25) is 15.9 Å². The van der Waals surface area contributed by atoms with Gasteiger partial charge in [-0.05, 0) is 56.4 Å². The first kappa shape index (κ1) is 30.2. The molecule has 1 fully saturated rings. The maximum Gasteiger partial charge on any atom is 0.417 e. The topological polar surface area (TPSA) is 113 Å². The molecule has 9 heteroatoms. The third-order valence-electron chi connectivity index (χ3n) is 7.06. The Labute approximate surface area is 241 Å². The predicted molar refractivity (Wildman–Crippen MR) is 156 cm³/mol. The van der Waals surface area contributed by atoms with E-state index in [1.54, 1.807) is 19.1 Å². The van der Waals surface area contributed by atoms with E-state index in [1.165, 1.54) is 24.3 Å². The van der Waals surface area contributed by atoms with Crippen LogP contribution in [0.1, 0.15) is 30.0 Å². The van der Waals surface area contributed by atoms with Crippen LogP contribution in [0.15, 0.2) is 102 Å². The van der Waals surface area contributed by atoms with Gasteiger partial charge >= 0.3 is 6.09 Å². The highest BCUT2D eigenvalue weighted by molar-refractivity contribution is 7.89. The Hall–Kier alpha value is -3.79. The number of rotatable bonds is 12. The molecular formula is C32H36N2O6S. The fourth-order valence-electron chi connectivity index (χ4n) is 4.80. The molecule has 1 aliphatic rings. The van der Waals surface area contributed by atoms with Crippen molar-refractivity contribution in [1.29, 1.82) is 0 Å². The summed E-state index contributed by atoms with van der Waals surface area (Å²) in [6.07, 6.45) is 2.36. The number of hydrogen-bond donors (Lipinski definition) is 2. The number of carbonyl (C=O) groups excluding carboxylic acids is 2. The monoisotopic (exact) mass is 576 g/mol. The lowest BCUT2D eigenvalue weighted by molar-refractivity contribution is -0.135. The van der Waals surface area contributed by atoms with E-state index in [9.17, 15) is 23.1 Å². The summed E-state index contributed by atoms with van der Waals surface area (Å²) in [6.45, 7) is 3.57. The van der Waals surface area contributed by atoms with Gasteiger partial charge in [-0.2, -0.15) is 0 Å². The van der Waals surface area contributed by atoms with Crippen molar-refractivity contribution < 1.29 is 27.9 Å². The van der Waals surface area contributed by atoms with Crippen molar-refractivity contribution in [2.24, 2.45) is 5.92 Å². The first-order valence-corrected chi connectivity index (χ1v) is 15.2. The Morgan fingerprint density at radius 1 is 1.00 bits per heavy atom. The molecule has 0 unspecified atom stereocenters. The number of benzene rings is 3. The molecule has 0 saturated carbocycles. The van der Waals surface area contributed by atoms with Crippen LogP contribution in [-0.2, 0) is 32.4 Å². The minimum Gasteiger partial charge on any atom is -0.447 e. The summed E-state index contributed by atoms with van der Waals surface area (Å²) in [5, 5.41) is 11.2. The number of aliphatic hydroxyl groups excluding tert-OH is 1. The zero-order chi connectivity index (χ0) is 29.4. The third kappa shape index (κ3) is 8.13. The second-order valence-electron chi connectivity index (χ2n) is 10.4. The van der Waals surface area contributed by atoms with Crippen molar-refractivity contribution in [1.82, 2.24) is 9.62 Å². The van der Waals surface area contributed by atoms with E-state index in [0.717, 1.165) is 21.6 Å². The smallest absolute Gasteiger partial charge is 0.417 e. The molecule has 41 heavy (non-hydrogen) atoms. The fourth-order valence-corrected chi connectivity index (χ4v) is 6.00. The van der Waals surface area contributed by atoms with Gasteiger partial charge in [0, 0.05) is 6.04 Å². The molecule has 0 spiro atoms. The summed E-state index contributed by atoms with van der Waals surface area (Å²) >= 11 is 0. The highest BCUT2D eigenvalue weighted by atomic mass is 32.2. The average molecular weight is 577 g/mol. The maximum atomic E-state index is 13.8. The summed E-state index contributed by atoms with van der Waals surface area (Å²) in [4.78, 5) is 27.8. The highest BCUT2D eigenvalue weighted by Crippen LogP contribution is 2.24.